The van der Waals surface area contributed by atoms with Gasteiger partial charge in [-0.15, -0.1) is 0 Å². The van der Waals surface area contributed by atoms with Crippen molar-refractivity contribution in [3.05, 3.63) is 53.6 Å². The van der Waals surface area contributed by atoms with Gasteiger partial charge in [-0.2, -0.15) is 5.26 Å². The SMILES string of the molecule is COc1ccc(S(=O)(=O)N(C)C)cc1NC(=O)c1ccc(C#N)cc1. The van der Waals surface area contributed by atoms with Gasteiger partial charge in [0, 0.05) is 19.7 Å². The van der Waals surface area contributed by atoms with E-state index in [0.29, 0.717) is 16.9 Å². The van der Waals surface area contributed by atoms with Crippen molar-refractivity contribution in [3.8, 4) is 11.8 Å². The van der Waals surface area contributed by atoms with E-state index in [9.17, 15) is 13.2 Å². The van der Waals surface area contributed by atoms with Crippen LogP contribution in [0.3, 0.4) is 0 Å². The largest absolute Gasteiger partial charge is 0.495 e. The Kier molecular flexibility index (Phi) is 5.41. The summed E-state index contributed by atoms with van der Waals surface area (Å²) in [6.07, 6.45) is 0. The molecule has 0 bridgehead atoms. The highest BCUT2D eigenvalue weighted by Crippen LogP contribution is 2.29. The number of methoxy groups -OCH3 is 1. The topological polar surface area (TPSA) is 99.5 Å². The van der Waals surface area contributed by atoms with Crippen molar-refractivity contribution in [2.45, 2.75) is 4.90 Å². The predicted octanol–water partition coefficient (Wildman–Crippen LogP) is 2.07. The Morgan fingerprint density at radius 1 is 1.16 bits per heavy atom. The molecule has 0 heterocycles. The molecule has 1 amide bonds. The summed E-state index contributed by atoms with van der Waals surface area (Å²) in [5.74, 6) is -0.109. The molecule has 2 rings (SSSR count). The number of nitrogens with zero attached hydrogens (tertiary/aromatic N) is 2. The number of hydrogen-bond donors (Lipinski definition) is 1. The molecule has 0 saturated carbocycles. The maximum Gasteiger partial charge on any atom is 0.255 e. The molecule has 0 atom stereocenters. The molecule has 1 N–H and O–H groups in total. The van der Waals surface area contributed by atoms with Crippen molar-refractivity contribution in [1.29, 1.82) is 5.26 Å². The molecule has 0 unspecified atom stereocenters. The van der Waals surface area contributed by atoms with Crippen molar-refractivity contribution in [2.75, 3.05) is 26.5 Å². The molecule has 2 aromatic carbocycles. The van der Waals surface area contributed by atoms with Crippen LogP contribution in [0, 0.1) is 11.3 Å². The van der Waals surface area contributed by atoms with Gasteiger partial charge >= 0.3 is 0 Å². The summed E-state index contributed by atoms with van der Waals surface area (Å²) in [5, 5.41) is 11.4. The van der Waals surface area contributed by atoms with Gasteiger partial charge in [-0.3, -0.25) is 4.79 Å². The van der Waals surface area contributed by atoms with E-state index in [2.05, 4.69) is 5.32 Å². The Morgan fingerprint density at radius 2 is 1.80 bits per heavy atom. The van der Waals surface area contributed by atoms with Crippen LogP contribution in [0.25, 0.3) is 0 Å². The van der Waals surface area contributed by atoms with E-state index in [0.717, 1.165) is 4.31 Å². The third-order valence-corrected chi connectivity index (χ3v) is 5.28. The van der Waals surface area contributed by atoms with E-state index in [-0.39, 0.29) is 10.6 Å². The molecule has 0 saturated heterocycles. The summed E-state index contributed by atoms with van der Waals surface area (Å²) in [6, 6.07) is 12.3. The first-order chi connectivity index (χ1) is 11.8. The standard InChI is InChI=1S/C17H17N3O4S/c1-20(2)25(22,23)14-8-9-16(24-3)15(10-14)19-17(21)13-6-4-12(11-18)5-7-13/h4-10H,1-3H3,(H,19,21). The van der Waals surface area contributed by atoms with Crippen LogP contribution >= 0.6 is 0 Å². The van der Waals surface area contributed by atoms with Crippen LogP contribution in [0.15, 0.2) is 47.4 Å². The lowest BCUT2D eigenvalue weighted by molar-refractivity contribution is 0.102. The highest BCUT2D eigenvalue weighted by molar-refractivity contribution is 7.89. The molecule has 0 aliphatic heterocycles. The number of hydrogen-bond acceptors (Lipinski definition) is 5. The predicted molar refractivity (Wildman–Crippen MR) is 93.0 cm³/mol. The van der Waals surface area contributed by atoms with Gasteiger partial charge < -0.3 is 10.1 Å². The first-order valence-electron chi connectivity index (χ1n) is 7.21. The second kappa shape index (κ2) is 7.34. The summed E-state index contributed by atoms with van der Waals surface area (Å²) < 4.78 is 30.8. The lowest BCUT2D eigenvalue weighted by atomic mass is 10.1. The van der Waals surface area contributed by atoms with Gasteiger partial charge in [0.15, 0.2) is 0 Å². The van der Waals surface area contributed by atoms with E-state index < -0.39 is 15.9 Å². The van der Waals surface area contributed by atoms with Gasteiger partial charge in [0.1, 0.15) is 5.75 Å². The van der Waals surface area contributed by atoms with E-state index in [1.807, 2.05) is 6.07 Å². The third-order valence-electron chi connectivity index (χ3n) is 3.47. The van der Waals surface area contributed by atoms with Crippen molar-refractivity contribution in [2.24, 2.45) is 0 Å². The number of amides is 1. The number of anilines is 1. The molecule has 2 aromatic rings. The smallest absolute Gasteiger partial charge is 0.255 e. The molecule has 0 radical (unpaired) electrons. The minimum absolute atomic E-state index is 0.0356. The van der Waals surface area contributed by atoms with Crippen LogP contribution in [0.4, 0.5) is 5.69 Å². The van der Waals surface area contributed by atoms with Crippen LogP contribution in [0.1, 0.15) is 15.9 Å². The first-order valence-corrected chi connectivity index (χ1v) is 8.65. The van der Waals surface area contributed by atoms with Gasteiger partial charge in [0.2, 0.25) is 10.0 Å². The minimum atomic E-state index is -3.64. The number of sulfonamides is 1. The van der Waals surface area contributed by atoms with Crippen LogP contribution in [0.5, 0.6) is 5.75 Å². The highest BCUT2D eigenvalue weighted by atomic mass is 32.2. The summed E-state index contributed by atoms with van der Waals surface area (Å²) >= 11 is 0. The maximum absolute atomic E-state index is 12.4. The van der Waals surface area contributed by atoms with E-state index >= 15 is 0 Å². The van der Waals surface area contributed by atoms with E-state index in [4.69, 9.17) is 10.00 Å². The fraction of sp³-hybridized carbons (Fsp3) is 0.176. The summed E-state index contributed by atoms with van der Waals surface area (Å²) in [7, 11) is 0.630. The van der Waals surface area contributed by atoms with Crippen LogP contribution in [-0.4, -0.2) is 39.8 Å². The molecule has 7 nitrogen and oxygen atoms in total. The summed E-state index contributed by atoms with van der Waals surface area (Å²) in [6.45, 7) is 0. The number of carbonyl (C=O) groups is 1. The fourth-order valence-corrected chi connectivity index (χ4v) is 2.98. The number of benzene rings is 2. The monoisotopic (exact) mass is 359 g/mol. The van der Waals surface area contributed by atoms with Crippen molar-refractivity contribution in [3.63, 3.8) is 0 Å². The normalized spacial score (nSPS) is 11.0. The molecule has 0 aromatic heterocycles. The van der Waals surface area contributed by atoms with Gasteiger partial charge in [-0.25, -0.2) is 12.7 Å². The second-order valence-electron chi connectivity index (χ2n) is 5.29. The zero-order valence-corrected chi connectivity index (χ0v) is 14.8. The zero-order valence-electron chi connectivity index (χ0n) is 14.0. The van der Waals surface area contributed by atoms with E-state index in [1.165, 1.54) is 63.7 Å². The second-order valence-corrected chi connectivity index (χ2v) is 7.44. The Labute approximate surface area is 146 Å². The number of nitrogens with one attached hydrogen (secondary N) is 1. The Hall–Kier alpha value is -2.89. The molecule has 130 valence electrons. The number of nitriles is 1. The van der Waals surface area contributed by atoms with Crippen molar-refractivity contribution < 1.29 is 17.9 Å². The van der Waals surface area contributed by atoms with E-state index in [1.54, 1.807) is 0 Å². The van der Waals surface area contributed by atoms with Crippen LogP contribution < -0.4 is 10.1 Å². The summed E-state index contributed by atoms with van der Waals surface area (Å²) in [5.41, 5.74) is 1.01. The molecular formula is C17H17N3O4S. The third kappa shape index (κ3) is 3.96. The summed E-state index contributed by atoms with van der Waals surface area (Å²) in [4.78, 5) is 12.4. The van der Waals surface area contributed by atoms with Crippen LogP contribution in [-0.2, 0) is 10.0 Å². The average Bonchev–Trinajstić information content (AvgIpc) is 2.61. The fourth-order valence-electron chi connectivity index (χ4n) is 2.05. The highest BCUT2D eigenvalue weighted by Gasteiger charge is 2.20. The molecule has 8 heteroatoms. The number of ether oxygens (including phenoxy) is 1. The van der Waals surface area contributed by atoms with Crippen LogP contribution in [0.2, 0.25) is 0 Å². The van der Waals surface area contributed by atoms with Gasteiger partial charge in [-0.1, -0.05) is 0 Å². The Bertz CT molecular complexity index is 929. The number of carbonyl (C=O) groups excluding carboxylic acids is 1. The molecule has 0 aliphatic carbocycles. The van der Waals surface area contributed by atoms with Gasteiger partial charge in [0.05, 0.1) is 29.3 Å². The molecule has 25 heavy (non-hydrogen) atoms. The lowest BCUT2D eigenvalue weighted by Gasteiger charge is -2.15. The number of rotatable bonds is 5. The lowest BCUT2D eigenvalue weighted by Crippen LogP contribution is -2.22. The molecule has 0 fully saturated rings. The Morgan fingerprint density at radius 3 is 2.32 bits per heavy atom. The quantitative estimate of drug-likeness (QED) is 0.881. The van der Waals surface area contributed by atoms with Gasteiger partial charge in [0.25, 0.3) is 5.91 Å². The average molecular weight is 359 g/mol. The molecule has 0 aliphatic rings. The van der Waals surface area contributed by atoms with Crippen molar-refractivity contribution in [1.82, 2.24) is 4.31 Å². The Balaban J connectivity index is 2.37. The van der Waals surface area contributed by atoms with Crippen molar-refractivity contribution >= 4 is 21.6 Å². The molecular weight excluding hydrogens is 342 g/mol. The van der Waals surface area contributed by atoms with Gasteiger partial charge in [-0.05, 0) is 42.5 Å². The zero-order chi connectivity index (χ0) is 18.6. The maximum atomic E-state index is 12.4. The first kappa shape index (κ1) is 18.4. The minimum Gasteiger partial charge on any atom is -0.495 e. The molecule has 0 spiro atoms.